The number of anilines is 1. The van der Waals surface area contributed by atoms with E-state index < -0.39 is 6.61 Å². The molecule has 4 nitrogen and oxygen atoms in total. The fourth-order valence-corrected chi connectivity index (χ4v) is 3.91. The Kier molecular flexibility index (Phi) is 5.98. The highest BCUT2D eigenvalue weighted by molar-refractivity contribution is 8.27. The summed E-state index contributed by atoms with van der Waals surface area (Å²) in [5, 5.41) is 0.491. The van der Waals surface area contributed by atoms with E-state index >= 15 is 0 Å². The first-order chi connectivity index (χ1) is 12.9. The highest BCUT2D eigenvalue weighted by Gasteiger charge is 2.33. The van der Waals surface area contributed by atoms with Gasteiger partial charge in [0, 0.05) is 5.02 Å². The average Bonchev–Trinajstić information content (AvgIpc) is 2.89. The molecule has 0 N–H and O–H groups in total. The van der Waals surface area contributed by atoms with Crippen molar-refractivity contribution in [1.29, 1.82) is 0 Å². The van der Waals surface area contributed by atoms with Crippen LogP contribution in [0.25, 0.3) is 6.08 Å². The molecule has 0 aromatic heterocycles. The van der Waals surface area contributed by atoms with Crippen molar-refractivity contribution in [2.24, 2.45) is 0 Å². The average molecular weight is 428 g/mol. The van der Waals surface area contributed by atoms with Gasteiger partial charge in [-0.25, -0.2) is 0 Å². The van der Waals surface area contributed by atoms with Gasteiger partial charge in [-0.05, 0) is 42.0 Å². The Hall–Kier alpha value is -2.16. The molecule has 1 amide bonds. The number of carbonyl (C=O) groups excluding carboxylic acids is 1. The molecular weight excluding hydrogens is 416 g/mol. The molecule has 2 aromatic carbocycles. The fourth-order valence-electron chi connectivity index (χ4n) is 2.42. The molecule has 0 aliphatic carbocycles. The van der Waals surface area contributed by atoms with Gasteiger partial charge in [0.1, 0.15) is 0 Å². The lowest BCUT2D eigenvalue weighted by molar-refractivity contribution is -0.113. The van der Waals surface area contributed by atoms with Crippen LogP contribution in [0.4, 0.5) is 14.5 Å². The third-order valence-corrected chi connectivity index (χ3v) is 5.10. The van der Waals surface area contributed by atoms with E-state index in [4.69, 9.17) is 28.6 Å². The molecule has 1 aliphatic rings. The smallest absolute Gasteiger partial charge is 0.387 e. The van der Waals surface area contributed by atoms with Gasteiger partial charge in [0.2, 0.25) is 0 Å². The molecule has 1 heterocycles. The van der Waals surface area contributed by atoms with Crippen LogP contribution < -0.4 is 14.4 Å². The highest BCUT2D eigenvalue weighted by Crippen LogP contribution is 2.38. The normalized spacial score (nSPS) is 15.7. The Morgan fingerprint density at radius 3 is 2.67 bits per heavy atom. The summed E-state index contributed by atoms with van der Waals surface area (Å²) in [6.07, 6.45) is 1.61. The van der Waals surface area contributed by atoms with Crippen LogP contribution in [0.1, 0.15) is 5.56 Å². The number of thioether (sulfide) groups is 1. The first-order valence-electron chi connectivity index (χ1n) is 7.55. The molecule has 9 heteroatoms. The van der Waals surface area contributed by atoms with Gasteiger partial charge in [0.25, 0.3) is 5.91 Å². The maximum absolute atomic E-state index is 12.8. The number of rotatable bonds is 5. The topological polar surface area (TPSA) is 38.8 Å². The first-order valence-corrected chi connectivity index (χ1v) is 9.15. The van der Waals surface area contributed by atoms with Crippen LogP contribution in [0, 0.1) is 0 Å². The van der Waals surface area contributed by atoms with Crippen molar-refractivity contribution in [3.63, 3.8) is 0 Å². The van der Waals surface area contributed by atoms with E-state index in [1.165, 1.54) is 24.1 Å². The lowest BCUT2D eigenvalue weighted by Crippen LogP contribution is -2.27. The van der Waals surface area contributed by atoms with Gasteiger partial charge in [0.15, 0.2) is 15.8 Å². The SMILES string of the molecule is COc1cc(/C=C2/SC(=S)N(c3cccc(Cl)c3)C2=O)ccc1OC(F)F. The number of benzene rings is 2. The summed E-state index contributed by atoms with van der Waals surface area (Å²) in [6, 6.07) is 11.2. The molecule has 1 aliphatic heterocycles. The van der Waals surface area contributed by atoms with E-state index in [1.807, 2.05) is 0 Å². The third kappa shape index (κ3) is 4.40. The molecule has 0 atom stereocenters. The summed E-state index contributed by atoms with van der Waals surface area (Å²) >= 11 is 12.4. The molecular formula is C18H12ClF2NO3S2. The second-order valence-corrected chi connectivity index (χ2v) is 7.40. The van der Waals surface area contributed by atoms with E-state index in [0.29, 0.717) is 25.5 Å². The van der Waals surface area contributed by atoms with E-state index in [0.717, 1.165) is 11.8 Å². The summed E-state index contributed by atoms with van der Waals surface area (Å²) in [6.45, 7) is -2.96. The maximum Gasteiger partial charge on any atom is 0.387 e. The predicted octanol–water partition coefficient (Wildman–Crippen LogP) is 5.36. The van der Waals surface area contributed by atoms with Gasteiger partial charge in [0.05, 0.1) is 17.7 Å². The van der Waals surface area contributed by atoms with Crippen molar-refractivity contribution in [1.82, 2.24) is 0 Å². The molecule has 140 valence electrons. The van der Waals surface area contributed by atoms with Crippen LogP contribution in [0.5, 0.6) is 11.5 Å². The Labute approximate surface area is 168 Å². The number of hydrogen-bond acceptors (Lipinski definition) is 5. The molecule has 1 fully saturated rings. The summed E-state index contributed by atoms with van der Waals surface area (Å²) in [5.41, 5.74) is 1.16. The van der Waals surface area contributed by atoms with Gasteiger partial charge in [-0.3, -0.25) is 9.69 Å². The van der Waals surface area contributed by atoms with Crippen molar-refractivity contribution in [3.05, 3.63) is 58.0 Å². The second-order valence-electron chi connectivity index (χ2n) is 5.29. The number of methoxy groups -OCH3 is 1. The van der Waals surface area contributed by atoms with Crippen molar-refractivity contribution < 1.29 is 23.0 Å². The zero-order valence-electron chi connectivity index (χ0n) is 13.8. The van der Waals surface area contributed by atoms with Crippen LogP contribution in [0.2, 0.25) is 5.02 Å². The Morgan fingerprint density at radius 1 is 1.22 bits per heavy atom. The monoisotopic (exact) mass is 427 g/mol. The van der Waals surface area contributed by atoms with Gasteiger partial charge in [-0.15, -0.1) is 0 Å². The van der Waals surface area contributed by atoms with Crippen LogP contribution in [0.15, 0.2) is 47.4 Å². The van der Waals surface area contributed by atoms with Crippen molar-refractivity contribution in [3.8, 4) is 11.5 Å². The molecule has 2 aromatic rings. The quantitative estimate of drug-likeness (QED) is 0.474. The van der Waals surface area contributed by atoms with Crippen molar-refractivity contribution in [2.75, 3.05) is 12.0 Å². The largest absolute Gasteiger partial charge is 0.493 e. The van der Waals surface area contributed by atoms with E-state index in [1.54, 1.807) is 36.4 Å². The molecule has 1 saturated heterocycles. The third-order valence-electron chi connectivity index (χ3n) is 3.56. The summed E-state index contributed by atoms with van der Waals surface area (Å²) < 4.78 is 34.7. The minimum Gasteiger partial charge on any atom is -0.493 e. The number of hydrogen-bond donors (Lipinski definition) is 0. The number of amides is 1. The minimum absolute atomic E-state index is 0.0869. The Balaban J connectivity index is 1.89. The highest BCUT2D eigenvalue weighted by atomic mass is 35.5. The lowest BCUT2D eigenvalue weighted by atomic mass is 10.2. The number of alkyl halides is 2. The Bertz CT molecular complexity index is 937. The van der Waals surface area contributed by atoms with Gasteiger partial charge < -0.3 is 9.47 Å². The van der Waals surface area contributed by atoms with E-state index in [-0.39, 0.29) is 17.4 Å². The van der Waals surface area contributed by atoms with Gasteiger partial charge in [-0.1, -0.05) is 47.7 Å². The molecule has 3 rings (SSSR count). The second kappa shape index (κ2) is 8.24. The van der Waals surface area contributed by atoms with Crippen LogP contribution in [-0.4, -0.2) is 23.9 Å². The molecule has 27 heavy (non-hydrogen) atoms. The summed E-state index contributed by atoms with van der Waals surface area (Å²) in [4.78, 5) is 14.5. The Morgan fingerprint density at radius 2 is 2.00 bits per heavy atom. The van der Waals surface area contributed by atoms with Gasteiger partial charge in [-0.2, -0.15) is 8.78 Å². The molecule has 0 radical (unpaired) electrons. The van der Waals surface area contributed by atoms with Crippen molar-refractivity contribution >= 4 is 57.6 Å². The van der Waals surface area contributed by atoms with Crippen LogP contribution in [0.3, 0.4) is 0 Å². The molecule has 0 bridgehead atoms. The number of thiocarbonyl (C=S) groups is 1. The maximum atomic E-state index is 12.8. The van der Waals surface area contributed by atoms with Crippen LogP contribution >= 0.6 is 35.6 Å². The molecule has 0 spiro atoms. The minimum atomic E-state index is -2.96. The van der Waals surface area contributed by atoms with Gasteiger partial charge >= 0.3 is 6.61 Å². The first kappa shape index (κ1) is 19.6. The van der Waals surface area contributed by atoms with E-state index in [9.17, 15) is 13.6 Å². The predicted molar refractivity (Wildman–Crippen MR) is 107 cm³/mol. The number of carbonyl (C=O) groups is 1. The van der Waals surface area contributed by atoms with E-state index in [2.05, 4.69) is 4.74 Å². The number of nitrogens with zero attached hydrogens (tertiary/aromatic N) is 1. The molecule has 0 saturated carbocycles. The lowest BCUT2D eigenvalue weighted by Gasteiger charge is -2.14. The van der Waals surface area contributed by atoms with Crippen LogP contribution in [-0.2, 0) is 4.79 Å². The summed E-state index contributed by atoms with van der Waals surface area (Å²) in [7, 11) is 1.34. The fraction of sp³-hybridized carbons (Fsp3) is 0.111. The van der Waals surface area contributed by atoms with Crippen molar-refractivity contribution in [2.45, 2.75) is 6.61 Å². The zero-order chi connectivity index (χ0) is 19.6. The summed E-state index contributed by atoms with van der Waals surface area (Å²) in [5.74, 6) is -0.246. The number of halogens is 3. The standard InChI is InChI=1S/C18H12ClF2NO3S2/c1-24-14-7-10(5-6-13(14)25-17(20)21)8-15-16(23)22(18(26)27-15)12-4-2-3-11(19)9-12/h2-9,17H,1H3/b15-8+. The number of ether oxygens (including phenoxy) is 2. The molecule has 0 unspecified atom stereocenters. The zero-order valence-corrected chi connectivity index (χ0v) is 16.2.